The number of benzene rings is 2. The molecule has 1 aliphatic rings. The van der Waals surface area contributed by atoms with Crippen molar-refractivity contribution in [1.29, 1.82) is 0 Å². The van der Waals surface area contributed by atoms with Gasteiger partial charge >= 0.3 is 0 Å². The first-order chi connectivity index (χ1) is 15.0. The molecule has 3 N–H and O–H groups in total. The van der Waals surface area contributed by atoms with Crippen molar-refractivity contribution in [1.82, 2.24) is 9.88 Å². The third-order valence-electron chi connectivity index (χ3n) is 5.65. The lowest BCUT2D eigenvalue weighted by atomic mass is 9.86. The van der Waals surface area contributed by atoms with Gasteiger partial charge in [0.05, 0.1) is 12.1 Å². The molecule has 0 spiro atoms. The van der Waals surface area contributed by atoms with Gasteiger partial charge in [-0.25, -0.2) is 4.39 Å². The van der Waals surface area contributed by atoms with Gasteiger partial charge in [-0.1, -0.05) is 19.1 Å². The molecule has 31 heavy (non-hydrogen) atoms. The van der Waals surface area contributed by atoms with Crippen LogP contribution in [0.15, 0.2) is 60.4 Å². The van der Waals surface area contributed by atoms with Gasteiger partial charge in [0.15, 0.2) is 0 Å². The summed E-state index contributed by atoms with van der Waals surface area (Å²) in [5, 5.41) is 16.0. The number of amides is 2. The van der Waals surface area contributed by atoms with Gasteiger partial charge in [0.1, 0.15) is 5.82 Å². The summed E-state index contributed by atoms with van der Waals surface area (Å²) in [6.07, 6.45) is 4.20. The van der Waals surface area contributed by atoms with E-state index in [4.69, 9.17) is 0 Å². The molecule has 0 bridgehead atoms. The van der Waals surface area contributed by atoms with Crippen LogP contribution in [0.3, 0.4) is 0 Å². The third-order valence-corrected chi connectivity index (χ3v) is 5.65. The standard InChI is InChI=1S/C24H24FN3O3/c1-2-15-11-17-7-8-28(9-10-29)22(17)13-21(15)27-24(31)20-14-26-23(30)12-19(20)16-3-5-18(25)6-4-16/h3-8,11,13-14,19,29H,2,9-10,12H2,1H3,(H,26,30)(H,27,31)/t19-/m0/s1. The molecule has 3 aromatic rings. The monoisotopic (exact) mass is 421 g/mol. The van der Waals surface area contributed by atoms with E-state index in [1.807, 2.05) is 35.9 Å². The van der Waals surface area contributed by atoms with Crippen LogP contribution in [0.5, 0.6) is 0 Å². The summed E-state index contributed by atoms with van der Waals surface area (Å²) in [4.78, 5) is 25.2. The molecule has 7 heteroatoms. The molecule has 0 radical (unpaired) electrons. The van der Waals surface area contributed by atoms with Crippen LogP contribution in [-0.2, 0) is 22.6 Å². The van der Waals surface area contributed by atoms with Crippen LogP contribution in [0.1, 0.15) is 30.4 Å². The number of hydrogen-bond acceptors (Lipinski definition) is 3. The topological polar surface area (TPSA) is 83.4 Å². The fourth-order valence-electron chi connectivity index (χ4n) is 4.02. The first-order valence-electron chi connectivity index (χ1n) is 10.3. The first kappa shape index (κ1) is 20.8. The smallest absolute Gasteiger partial charge is 0.253 e. The summed E-state index contributed by atoms with van der Waals surface area (Å²) in [6, 6.07) is 11.8. The Hall–Kier alpha value is -3.45. The number of hydrogen-bond donors (Lipinski definition) is 3. The molecule has 160 valence electrons. The zero-order chi connectivity index (χ0) is 22.0. The molecule has 0 fully saturated rings. The second-order valence-corrected chi connectivity index (χ2v) is 7.58. The number of nitrogens with one attached hydrogen (secondary N) is 2. The number of aromatic nitrogens is 1. The first-order valence-corrected chi connectivity index (χ1v) is 10.3. The Labute approximate surface area is 179 Å². The third kappa shape index (κ3) is 4.22. The van der Waals surface area contributed by atoms with Crippen LogP contribution in [0, 0.1) is 5.82 Å². The lowest BCUT2D eigenvalue weighted by Gasteiger charge is -2.24. The summed E-state index contributed by atoms with van der Waals surface area (Å²) in [5.41, 5.74) is 3.72. The maximum absolute atomic E-state index is 13.4. The van der Waals surface area contributed by atoms with Crippen molar-refractivity contribution in [2.75, 3.05) is 11.9 Å². The molecule has 6 nitrogen and oxygen atoms in total. The van der Waals surface area contributed by atoms with E-state index in [9.17, 15) is 19.1 Å². The number of fused-ring (bicyclic) bond motifs is 1. The van der Waals surface area contributed by atoms with Crippen molar-refractivity contribution >= 4 is 28.4 Å². The van der Waals surface area contributed by atoms with Gasteiger partial charge in [0.25, 0.3) is 5.91 Å². The molecule has 2 aromatic carbocycles. The lowest BCUT2D eigenvalue weighted by molar-refractivity contribution is -0.121. The second-order valence-electron chi connectivity index (χ2n) is 7.58. The Morgan fingerprint density at radius 1 is 1.26 bits per heavy atom. The molecule has 0 aliphatic carbocycles. The molecule has 0 saturated heterocycles. The zero-order valence-corrected chi connectivity index (χ0v) is 17.2. The summed E-state index contributed by atoms with van der Waals surface area (Å²) in [7, 11) is 0. The Morgan fingerprint density at radius 3 is 2.74 bits per heavy atom. The van der Waals surface area contributed by atoms with Gasteiger partial charge in [0, 0.05) is 42.5 Å². The fraction of sp³-hybridized carbons (Fsp3) is 0.250. The van der Waals surface area contributed by atoms with E-state index in [-0.39, 0.29) is 30.7 Å². The largest absolute Gasteiger partial charge is 0.395 e. The minimum Gasteiger partial charge on any atom is -0.395 e. The van der Waals surface area contributed by atoms with Crippen LogP contribution >= 0.6 is 0 Å². The highest BCUT2D eigenvalue weighted by Crippen LogP contribution is 2.32. The summed E-state index contributed by atoms with van der Waals surface area (Å²) in [6.45, 7) is 2.50. The van der Waals surface area contributed by atoms with Crippen LogP contribution < -0.4 is 10.6 Å². The van der Waals surface area contributed by atoms with E-state index in [1.54, 1.807) is 12.1 Å². The predicted molar refractivity (Wildman–Crippen MR) is 117 cm³/mol. The van der Waals surface area contributed by atoms with Crippen molar-refractivity contribution < 1.29 is 19.1 Å². The van der Waals surface area contributed by atoms with Crippen molar-refractivity contribution in [3.8, 4) is 0 Å². The number of rotatable bonds is 6. The number of halogens is 1. The van der Waals surface area contributed by atoms with Gasteiger partial charge in [-0.2, -0.15) is 0 Å². The van der Waals surface area contributed by atoms with E-state index in [0.29, 0.717) is 23.4 Å². The van der Waals surface area contributed by atoms with Crippen LogP contribution in [0.25, 0.3) is 10.9 Å². The van der Waals surface area contributed by atoms with E-state index in [2.05, 4.69) is 10.6 Å². The molecule has 0 saturated carbocycles. The maximum atomic E-state index is 13.4. The molecule has 4 rings (SSSR count). The number of aliphatic hydroxyl groups excluding tert-OH is 1. The Bertz CT molecular complexity index is 1160. The average Bonchev–Trinajstić information content (AvgIpc) is 3.15. The van der Waals surface area contributed by atoms with Crippen LogP contribution in [0.4, 0.5) is 10.1 Å². The van der Waals surface area contributed by atoms with E-state index >= 15 is 0 Å². The quantitative estimate of drug-likeness (QED) is 0.570. The van der Waals surface area contributed by atoms with Crippen molar-refractivity contribution in [2.24, 2.45) is 0 Å². The summed E-state index contributed by atoms with van der Waals surface area (Å²) < 4.78 is 15.3. The van der Waals surface area contributed by atoms with Gasteiger partial charge in [-0.3, -0.25) is 9.59 Å². The number of aliphatic hydroxyl groups is 1. The number of carbonyl (C=O) groups is 2. The number of carbonyl (C=O) groups excluding carboxylic acids is 2. The Balaban J connectivity index is 1.67. The second kappa shape index (κ2) is 8.73. The molecule has 1 aromatic heterocycles. The average molecular weight is 421 g/mol. The van der Waals surface area contributed by atoms with Crippen LogP contribution in [0.2, 0.25) is 0 Å². The van der Waals surface area contributed by atoms with E-state index in [1.165, 1.54) is 18.3 Å². The highest BCUT2D eigenvalue weighted by Gasteiger charge is 2.29. The normalized spacial score (nSPS) is 16.2. The van der Waals surface area contributed by atoms with Crippen molar-refractivity contribution in [2.45, 2.75) is 32.2 Å². The highest BCUT2D eigenvalue weighted by molar-refractivity contribution is 6.07. The fourth-order valence-corrected chi connectivity index (χ4v) is 4.02. The summed E-state index contributed by atoms with van der Waals surface area (Å²) >= 11 is 0. The highest BCUT2D eigenvalue weighted by atomic mass is 19.1. The number of nitrogens with zero attached hydrogens (tertiary/aromatic N) is 1. The molecule has 1 aliphatic heterocycles. The number of aryl methyl sites for hydroxylation is 1. The Kier molecular flexibility index (Phi) is 5.86. The molecular weight excluding hydrogens is 397 g/mol. The molecule has 2 amide bonds. The van der Waals surface area contributed by atoms with Crippen molar-refractivity contribution in [3.63, 3.8) is 0 Å². The number of anilines is 1. The minimum atomic E-state index is -0.457. The maximum Gasteiger partial charge on any atom is 0.253 e. The van der Waals surface area contributed by atoms with Crippen molar-refractivity contribution in [3.05, 3.63) is 77.4 Å². The predicted octanol–water partition coefficient (Wildman–Crippen LogP) is 3.46. The van der Waals surface area contributed by atoms with Gasteiger partial charge in [-0.05, 0) is 53.3 Å². The molecule has 0 unspecified atom stereocenters. The van der Waals surface area contributed by atoms with E-state index < -0.39 is 5.92 Å². The lowest BCUT2D eigenvalue weighted by Crippen LogP contribution is -2.32. The van der Waals surface area contributed by atoms with Gasteiger partial charge in [0.2, 0.25) is 5.91 Å². The van der Waals surface area contributed by atoms with Gasteiger partial charge < -0.3 is 20.3 Å². The molecule has 1 atom stereocenters. The zero-order valence-electron chi connectivity index (χ0n) is 17.2. The Morgan fingerprint density at radius 2 is 2.03 bits per heavy atom. The molecule has 2 heterocycles. The summed E-state index contributed by atoms with van der Waals surface area (Å²) in [5.74, 6) is -1.33. The van der Waals surface area contributed by atoms with Gasteiger partial charge in [-0.15, -0.1) is 0 Å². The SMILES string of the molecule is CCc1cc2ccn(CCO)c2cc1NC(=O)C1=CNC(=O)C[C@H]1c1ccc(F)cc1. The molecular formula is C24H24FN3O3. The van der Waals surface area contributed by atoms with Crippen LogP contribution in [-0.4, -0.2) is 28.1 Å². The minimum absolute atomic E-state index is 0.0208. The van der Waals surface area contributed by atoms with E-state index in [0.717, 1.165) is 22.9 Å².